The number of hydrogen-bond acceptors (Lipinski definition) is 3. The van der Waals surface area contributed by atoms with Crippen LogP contribution in [0.3, 0.4) is 0 Å². The van der Waals surface area contributed by atoms with Crippen LogP contribution in [0.2, 0.25) is 0 Å². The zero-order chi connectivity index (χ0) is 20.6. The number of carboxylic acid groups (broad SMARTS) is 1. The van der Waals surface area contributed by atoms with E-state index >= 15 is 0 Å². The second-order valence-corrected chi connectivity index (χ2v) is 7.87. The Hall–Kier alpha value is -2.09. The van der Waals surface area contributed by atoms with Crippen LogP contribution < -0.4 is 0 Å². The molecule has 0 aromatic heterocycles. The number of halogens is 3. The van der Waals surface area contributed by atoms with E-state index < -0.39 is 35.0 Å². The highest BCUT2D eigenvalue weighted by molar-refractivity contribution is 5.91. The summed E-state index contributed by atoms with van der Waals surface area (Å²) in [5.74, 6) is -2.62. The third kappa shape index (κ3) is 4.80. The predicted octanol–water partition coefficient (Wildman–Crippen LogP) is 2.95. The van der Waals surface area contributed by atoms with Crippen LogP contribution in [0.1, 0.15) is 25.0 Å². The Morgan fingerprint density at radius 2 is 1.63 bits per heavy atom. The van der Waals surface area contributed by atoms with Gasteiger partial charge in [-0.3, -0.25) is 9.59 Å². The first-order chi connectivity index (χ1) is 12.4. The third-order valence-corrected chi connectivity index (χ3v) is 5.14. The molecule has 27 heavy (non-hydrogen) atoms. The number of nitrogens with zero attached hydrogens (tertiary/aromatic N) is 2. The quantitative estimate of drug-likeness (QED) is 0.783. The molecule has 5 nitrogen and oxygen atoms in total. The molecule has 1 saturated carbocycles. The number of carbonyl (C=O) groups excluding carboxylic acids is 1. The van der Waals surface area contributed by atoms with Gasteiger partial charge in [0.2, 0.25) is 5.91 Å². The molecule has 150 valence electrons. The molecule has 2 rings (SSSR count). The molecule has 0 saturated heterocycles. The van der Waals surface area contributed by atoms with Crippen molar-refractivity contribution in [2.45, 2.75) is 26.6 Å². The van der Waals surface area contributed by atoms with Crippen LogP contribution in [0, 0.1) is 17.3 Å². The average molecular weight is 386 g/mol. The maximum Gasteiger partial charge on any atom is 0.416 e. The SMILES string of the molecule is CN(C)CCN(Cc1ccc(C(F)(F)F)cc1)C(=O)[C@@H]1[C@H](C(=O)O)C1(C)C. The van der Waals surface area contributed by atoms with E-state index in [0.29, 0.717) is 18.7 Å². The standard InChI is InChI=1S/C19H25F3N2O3/c1-18(2)14(15(18)17(26)27)16(25)24(10-9-23(3)4)11-12-5-7-13(8-6-12)19(20,21)22/h5-8,14-15H,9-11H2,1-4H3,(H,26,27)/t14-,15+/m0/s1. The summed E-state index contributed by atoms with van der Waals surface area (Å²) in [4.78, 5) is 27.8. The van der Waals surface area contributed by atoms with Gasteiger partial charge in [0.25, 0.3) is 0 Å². The fraction of sp³-hybridized carbons (Fsp3) is 0.579. The summed E-state index contributed by atoms with van der Waals surface area (Å²) in [5.41, 5.74) is -0.800. The molecule has 1 aromatic carbocycles. The lowest BCUT2D eigenvalue weighted by molar-refractivity contribution is -0.142. The number of amides is 1. The van der Waals surface area contributed by atoms with E-state index in [1.807, 2.05) is 19.0 Å². The Morgan fingerprint density at radius 1 is 1.07 bits per heavy atom. The smallest absolute Gasteiger partial charge is 0.416 e. The van der Waals surface area contributed by atoms with Gasteiger partial charge in [-0.2, -0.15) is 13.2 Å². The number of hydrogen-bond donors (Lipinski definition) is 1. The van der Waals surface area contributed by atoms with E-state index in [-0.39, 0.29) is 12.5 Å². The molecule has 1 N–H and O–H groups in total. The maximum absolute atomic E-state index is 12.9. The van der Waals surface area contributed by atoms with Crippen molar-refractivity contribution in [2.75, 3.05) is 27.2 Å². The molecule has 0 unspecified atom stereocenters. The van der Waals surface area contributed by atoms with E-state index in [1.54, 1.807) is 13.8 Å². The summed E-state index contributed by atoms with van der Waals surface area (Å²) in [6.07, 6.45) is -4.41. The van der Waals surface area contributed by atoms with Gasteiger partial charge >= 0.3 is 12.1 Å². The number of likely N-dealkylation sites (N-methyl/N-ethyl adjacent to an activating group) is 1. The number of benzene rings is 1. The Labute approximate surface area is 156 Å². The first kappa shape index (κ1) is 21.2. The largest absolute Gasteiger partial charge is 0.481 e. The van der Waals surface area contributed by atoms with Crippen molar-refractivity contribution in [1.82, 2.24) is 9.80 Å². The number of aliphatic carboxylic acids is 1. The van der Waals surface area contributed by atoms with Crippen LogP contribution in [-0.4, -0.2) is 54.0 Å². The van der Waals surface area contributed by atoms with E-state index in [1.165, 1.54) is 17.0 Å². The van der Waals surface area contributed by atoms with Crippen LogP contribution in [0.5, 0.6) is 0 Å². The molecule has 1 aromatic rings. The fourth-order valence-corrected chi connectivity index (χ4v) is 3.36. The molecule has 1 aliphatic carbocycles. The molecule has 0 spiro atoms. The van der Waals surface area contributed by atoms with Crippen LogP contribution in [0.25, 0.3) is 0 Å². The number of alkyl halides is 3. The first-order valence-corrected chi connectivity index (χ1v) is 8.68. The minimum absolute atomic E-state index is 0.143. The van der Waals surface area contributed by atoms with Crippen molar-refractivity contribution in [3.63, 3.8) is 0 Å². The zero-order valence-electron chi connectivity index (χ0n) is 15.9. The van der Waals surface area contributed by atoms with Gasteiger partial charge in [-0.25, -0.2) is 0 Å². The number of carbonyl (C=O) groups is 2. The van der Waals surface area contributed by atoms with E-state index in [0.717, 1.165) is 12.1 Å². The van der Waals surface area contributed by atoms with Gasteiger partial charge in [-0.1, -0.05) is 26.0 Å². The Kier molecular flexibility index (Phi) is 5.89. The lowest BCUT2D eigenvalue weighted by Crippen LogP contribution is -2.38. The average Bonchev–Trinajstić information content (AvgIpc) is 3.13. The van der Waals surface area contributed by atoms with Crippen LogP contribution in [0.4, 0.5) is 13.2 Å². The maximum atomic E-state index is 12.9. The molecular weight excluding hydrogens is 361 g/mol. The fourth-order valence-electron chi connectivity index (χ4n) is 3.36. The molecule has 1 amide bonds. The lowest BCUT2D eigenvalue weighted by atomic mass is 10.1. The summed E-state index contributed by atoms with van der Waals surface area (Å²) in [5, 5.41) is 9.32. The molecule has 1 aliphatic rings. The van der Waals surface area contributed by atoms with Crippen LogP contribution >= 0.6 is 0 Å². The first-order valence-electron chi connectivity index (χ1n) is 8.68. The molecule has 0 radical (unpaired) electrons. The van der Waals surface area contributed by atoms with Crippen molar-refractivity contribution in [3.8, 4) is 0 Å². The summed E-state index contributed by atoms with van der Waals surface area (Å²) < 4.78 is 38.1. The van der Waals surface area contributed by atoms with Crippen LogP contribution in [0.15, 0.2) is 24.3 Å². The predicted molar refractivity (Wildman–Crippen MR) is 93.8 cm³/mol. The van der Waals surface area contributed by atoms with Gasteiger partial charge in [-0.15, -0.1) is 0 Å². The van der Waals surface area contributed by atoms with Gasteiger partial charge in [0.1, 0.15) is 0 Å². The summed E-state index contributed by atoms with van der Waals surface area (Å²) in [6, 6.07) is 4.69. The Bertz CT molecular complexity index is 699. The van der Waals surface area contributed by atoms with Crippen molar-refractivity contribution in [2.24, 2.45) is 17.3 Å². The highest BCUT2D eigenvalue weighted by Crippen LogP contribution is 2.59. The minimum Gasteiger partial charge on any atom is -0.481 e. The molecule has 0 heterocycles. The molecule has 8 heteroatoms. The highest BCUT2D eigenvalue weighted by Gasteiger charge is 2.66. The molecule has 2 atom stereocenters. The molecule has 1 fully saturated rings. The second-order valence-electron chi connectivity index (χ2n) is 7.87. The Balaban J connectivity index is 2.17. The minimum atomic E-state index is -4.41. The summed E-state index contributed by atoms with van der Waals surface area (Å²) >= 11 is 0. The topological polar surface area (TPSA) is 60.9 Å². The van der Waals surface area contributed by atoms with Crippen molar-refractivity contribution in [1.29, 1.82) is 0 Å². The lowest BCUT2D eigenvalue weighted by Gasteiger charge is -2.25. The highest BCUT2D eigenvalue weighted by atomic mass is 19.4. The Morgan fingerprint density at radius 3 is 2.04 bits per heavy atom. The van der Waals surface area contributed by atoms with Gasteiger partial charge in [0.15, 0.2) is 0 Å². The van der Waals surface area contributed by atoms with E-state index in [9.17, 15) is 27.9 Å². The third-order valence-electron chi connectivity index (χ3n) is 5.14. The van der Waals surface area contributed by atoms with Gasteiger partial charge < -0.3 is 14.9 Å². The zero-order valence-corrected chi connectivity index (χ0v) is 15.9. The normalized spacial score (nSPS) is 21.2. The van der Waals surface area contributed by atoms with Gasteiger partial charge in [0, 0.05) is 19.6 Å². The monoisotopic (exact) mass is 386 g/mol. The van der Waals surface area contributed by atoms with E-state index in [4.69, 9.17) is 0 Å². The van der Waals surface area contributed by atoms with Crippen molar-refractivity contribution < 1.29 is 27.9 Å². The number of carboxylic acids is 1. The summed E-state index contributed by atoms with van der Waals surface area (Å²) in [6.45, 7) is 4.57. The molecule has 0 bridgehead atoms. The van der Waals surface area contributed by atoms with Crippen LogP contribution in [-0.2, 0) is 22.3 Å². The van der Waals surface area contributed by atoms with Gasteiger partial charge in [0.05, 0.1) is 17.4 Å². The van der Waals surface area contributed by atoms with Crippen molar-refractivity contribution >= 4 is 11.9 Å². The molecular formula is C19H25F3N2O3. The molecule has 0 aliphatic heterocycles. The second kappa shape index (κ2) is 7.50. The van der Waals surface area contributed by atoms with Gasteiger partial charge in [-0.05, 0) is 37.2 Å². The summed E-state index contributed by atoms with van der Waals surface area (Å²) in [7, 11) is 3.70. The van der Waals surface area contributed by atoms with E-state index in [2.05, 4.69) is 0 Å². The number of rotatable bonds is 7. The van der Waals surface area contributed by atoms with Crippen molar-refractivity contribution in [3.05, 3.63) is 35.4 Å².